The van der Waals surface area contributed by atoms with Crippen LogP contribution in [0.3, 0.4) is 0 Å². The summed E-state index contributed by atoms with van der Waals surface area (Å²) in [7, 11) is -4.51. The number of ether oxygens (including phenoxy) is 1. The average Bonchev–Trinajstić information content (AvgIpc) is 2.74. The standard InChI is InChI=1S/C18H15F3N4O5S/c19-18(20,21)11-23-31(28,29)14-6-3-5-12(8-14)17(27)25-24-16(26)10-30-15-7-2-1-4-13(15)9-22/h1-8,23H,10-11H2,(H,24,26)(H,25,27). The molecule has 0 unspecified atom stereocenters. The topological polar surface area (TPSA) is 137 Å². The van der Waals surface area contributed by atoms with Gasteiger partial charge < -0.3 is 4.74 Å². The van der Waals surface area contributed by atoms with Gasteiger partial charge in [0.25, 0.3) is 11.8 Å². The Hall–Kier alpha value is -3.63. The molecule has 0 aromatic heterocycles. The van der Waals surface area contributed by atoms with Crippen molar-refractivity contribution in [2.24, 2.45) is 0 Å². The maximum absolute atomic E-state index is 12.2. The van der Waals surface area contributed by atoms with E-state index in [9.17, 15) is 31.2 Å². The Kier molecular flexibility index (Phi) is 7.56. The van der Waals surface area contributed by atoms with E-state index in [-0.39, 0.29) is 16.9 Å². The number of hydrogen-bond donors (Lipinski definition) is 3. The van der Waals surface area contributed by atoms with Gasteiger partial charge in [0.1, 0.15) is 18.4 Å². The number of rotatable bonds is 7. The number of sulfonamides is 1. The fourth-order valence-electron chi connectivity index (χ4n) is 2.13. The maximum atomic E-state index is 12.2. The van der Waals surface area contributed by atoms with Gasteiger partial charge in [-0.3, -0.25) is 20.4 Å². The van der Waals surface area contributed by atoms with Crippen molar-refractivity contribution in [2.45, 2.75) is 11.1 Å². The van der Waals surface area contributed by atoms with Crippen molar-refractivity contribution in [1.29, 1.82) is 5.26 Å². The van der Waals surface area contributed by atoms with Crippen molar-refractivity contribution in [3.63, 3.8) is 0 Å². The molecular formula is C18H15F3N4O5S. The van der Waals surface area contributed by atoms with Crippen LogP contribution >= 0.6 is 0 Å². The second-order valence-corrected chi connectivity index (χ2v) is 7.63. The zero-order chi connectivity index (χ0) is 23.1. The van der Waals surface area contributed by atoms with Crippen LogP contribution in [0.4, 0.5) is 13.2 Å². The Morgan fingerprint density at radius 3 is 2.45 bits per heavy atom. The smallest absolute Gasteiger partial charge is 0.402 e. The number of para-hydroxylation sites is 1. The molecule has 0 bridgehead atoms. The number of carbonyl (C=O) groups excluding carboxylic acids is 2. The molecule has 0 spiro atoms. The molecule has 31 heavy (non-hydrogen) atoms. The predicted molar refractivity (Wildman–Crippen MR) is 99.9 cm³/mol. The Morgan fingerprint density at radius 1 is 1.06 bits per heavy atom. The van der Waals surface area contributed by atoms with Crippen LogP contribution < -0.4 is 20.3 Å². The lowest BCUT2D eigenvalue weighted by atomic mass is 10.2. The van der Waals surface area contributed by atoms with Crippen LogP contribution in [0, 0.1) is 11.3 Å². The SMILES string of the molecule is N#Cc1ccccc1OCC(=O)NNC(=O)c1cccc(S(=O)(=O)NCC(F)(F)F)c1. The molecule has 2 aromatic carbocycles. The first-order chi connectivity index (χ1) is 14.5. The van der Waals surface area contributed by atoms with E-state index in [2.05, 4.69) is 0 Å². The van der Waals surface area contributed by atoms with Gasteiger partial charge in [0.15, 0.2) is 6.61 Å². The van der Waals surface area contributed by atoms with Gasteiger partial charge in [-0.15, -0.1) is 0 Å². The Morgan fingerprint density at radius 2 is 1.77 bits per heavy atom. The minimum Gasteiger partial charge on any atom is -0.482 e. The molecule has 13 heteroatoms. The minimum atomic E-state index is -4.75. The number of carbonyl (C=O) groups is 2. The highest BCUT2D eigenvalue weighted by Gasteiger charge is 2.30. The summed E-state index contributed by atoms with van der Waals surface area (Å²) in [5.41, 5.74) is 4.03. The zero-order valence-corrected chi connectivity index (χ0v) is 16.4. The van der Waals surface area contributed by atoms with Gasteiger partial charge in [-0.2, -0.15) is 18.4 Å². The third-order valence-corrected chi connectivity index (χ3v) is 4.95. The van der Waals surface area contributed by atoms with E-state index in [1.54, 1.807) is 12.1 Å². The maximum Gasteiger partial charge on any atom is 0.402 e. The lowest BCUT2D eigenvalue weighted by molar-refractivity contribution is -0.124. The zero-order valence-electron chi connectivity index (χ0n) is 15.6. The van der Waals surface area contributed by atoms with Crippen LogP contribution in [0.2, 0.25) is 0 Å². The van der Waals surface area contributed by atoms with Gasteiger partial charge in [0, 0.05) is 5.56 Å². The van der Waals surface area contributed by atoms with Crippen LogP contribution in [0.15, 0.2) is 53.4 Å². The quantitative estimate of drug-likeness (QED) is 0.536. The van der Waals surface area contributed by atoms with Crippen LogP contribution in [-0.4, -0.2) is 39.6 Å². The average molecular weight is 456 g/mol. The van der Waals surface area contributed by atoms with E-state index in [0.717, 1.165) is 18.2 Å². The number of halogens is 3. The fraction of sp³-hybridized carbons (Fsp3) is 0.167. The number of nitrogens with zero attached hydrogens (tertiary/aromatic N) is 1. The molecular weight excluding hydrogens is 441 g/mol. The number of nitriles is 1. The highest BCUT2D eigenvalue weighted by atomic mass is 32.2. The molecule has 0 fully saturated rings. The lowest BCUT2D eigenvalue weighted by Crippen LogP contribution is -2.43. The summed E-state index contributed by atoms with van der Waals surface area (Å²) >= 11 is 0. The normalized spacial score (nSPS) is 11.3. The molecule has 0 heterocycles. The Labute approximate surface area is 174 Å². The van der Waals surface area contributed by atoms with Gasteiger partial charge in [-0.05, 0) is 30.3 Å². The second-order valence-electron chi connectivity index (χ2n) is 5.87. The van der Waals surface area contributed by atoms with E-state index in [0.29, 0.717) is 0 Å². The summed E-state index contributed by atoms with van der Waals surface area (Å²) in [4.78, 5) is 23.4. The summed E-state index contributed by atoms with van der Waals surface area (Å²) in [5, 5.41) is 8.95. The van der Waals surface area contributed by atoms with Crippen LogP contribution in [0.1, 0.15) is 15.9 Å². The molecule has 3 N–H and O–H groups in total. The molecule has 2 aromatic rings. The van der Waals surface area contributed by atoms with Gasteiger partial charge >= 0.3 is 6.18 Å². The third kappa shape index (κ3) is 7.28. The van der Waals surface area contributed by atoms with E-state index < -0.39 is 46.1 Å². The first kappa shape index (κ1) is 23.6. The van der Waals surface area contributed by atoms with Gasteiger partial charge in [0.2, 0.25) is 10.0 Å². The number of nitrogens with one attached hydrogen (secondary N) is 3. The van der Waals surface area contributed by atoms with Gasteiger partial charge in [-0.1, -0.05) is 18.2 Å². The second kappa shape index (κ2) is 9.92. The molecule has 2 rings (SSSR count). The van der Waals surface area contributed by atoms with Gasteiger partial charge in [0.05, 0.1) is 10.5 Å². The molecule has 0 saturated heterocycles. The van der Waals surface area contributed by atoms with E-state index in [4.69, 9.17) is 10.00 Å². The minimum absolute atomic E-state index is 0.163. The molecule has 0 aliphatic rings. The largest absolute Gasteiger partial charge is 0.482 e. The van der Waals surface area contributed by atoms with Crippen molar-refractivity contribution >= 4 is 21.8 Å². The van der Waals surface area contributed by atoms with Crippen molar-refractivity contribution in [2.75, 3.05) is 13.2 Å². The first-order valence-electron chi connectivity index (χ1n) is 8.39. The monoisotopic (exact) mass is 456 g/mol. The summed E-state index contributed by atoms with van der Waals surface area (Å²) in [6.07, 6.45) is -4.75. The first-order valence-corrected chi connectivity index (χ1v) is 9.88. The molecule has 0 aliphatic heterocycles. The van der Waals surface area contributed by atoms with Crippen molar-refractivity contribution in [1.82, 2.24) is 15.6 Å². The molecule has 0 saturated carbocycles. The number of hydrogen-bond acceptors (Lipinski definition) is 6. The van der Waals surface area contributed by atoms with E-state index in [1.165, 1.54) is 22.9 Å². The Bertz CT molecular complexity index is 1110. The number of benzene rings is 2. The molecule has 164 valence electrons. The predicted octanol–water partition coefficient (Wildman–Crippen LogP) is 1.24. The number of alkyl halides is 3. The summed E-state index contributed by atoms with van der Waals surface area (Å²) < 4.78 is 67.2. The van der Waals surface area contributed by atoms with E-state index in [1.807, 2.05) is 16.9 Å². The molecule has 2 amide bonds. The van der Waals surface area contributed by atoms with Crippen LogP contribution in [0.25, 0.3) is 0 Å². The van der Waals surface area contributed by atoms with Gasteiger partial charge in [-0.25, -0.2) is 13.1 Å². The molecule has 9 nitrogen and oxygen atoms in total. The molecule has 0 aliphatic carbocycles. The van der Waals surface area contributed by atoms with Crippen molar-refractivity contribution < 1.29 is 35.9 Å². The number of amides is 2. The summed E-state index contributed by atoms with van der Waals surface area (Å²) in [6.45, 7) is -2.30. The fourth-order valence-corrected chi connectivity index (χ4v) is 3.19. The number of hydrazine groups is 1. The highest BCUT2D eigenvalue weighted by molar-refractivity contribution is 7.89. The van der Waals surface area contributed by atoms with Crippen LogP contribution in [0.5, 0.6) is 5.75 Å². The van der Waals surface area contributed by atoms with Crippen molar-refractivity contribution in [3.8, 4) is 11.8 Å². The summed E-state index contributed by atoms with van der Waals surface area (Å²) in [6, 6.07) is 12.3. The lowest BCUT2D eigenvalue weighted by Gasteiger charge is -2.11. The van der Waals surface area contributed by atoms with E-state index >= 15 is 0 Å². The molecule has 0 radical (unpaired) electrons. The van der Waals surface area contributed by atoms with Crippen LogP contribution in [-0.2, 0) is 14.8 Å². The third-order valence-electron chi connectivity index (χ3n) is 3.55. The van der Waals surface area contributed by atoms with Crippen molar-refractivity contribution in [3.05, 3.63) is 59.7 Å². The highest BCUT2D eigenvalue weighted by Crippen LogP contribution is 2.17. The molecule has 0 atom stereocenters. The Balaban J connectivity index is 1.94. The summed E-state index contributed by atoms with van der Waals surface area (Å²) in [5.74, 6) is -1.54.